The largest absolute Gasteiger partial charge is 0.430 e. The van der Waals surface area contributed by atoms with Gasteiger partial charge in [-0.2, -0.15) is 0 Å². The summed E-state index contributed by atoms with van der Waals surface area (Å²) in [7, 11) is 0. The Bertz CT molecular complexity index is 335. The maximum absolute atomic E-state index is 10.9. The Balaban J connectivity index is 2.27. The van der Waals surface area contributed by atoms with Crippen molar-refractivity contribution in [3.63, 3.8) is 0 Å². The van der Waals surface area contributed by atoms with Crippen LogP contribution in [0.3, 0.4) is 0 Å². The van der Waals surface area contributed by atoms with E-state index in [9.17, 15) is 4.79 Å². The van der Waals surface area contributed by atoms with Crippen molar-refractivity contribution in [2.24, 2.45) is 17.3 Å². The van der Waals surface area contributed by atoms with Crippen LogP contribution in [0.2, 0.25) is 0 Å². The molecule has 1 fully saturated rings. The molecule has 0 unspecified atom stereocenters. The lowest BCUT2D eigenvalue weighted by atomic mass is 9.54. The third-order valence-corrected chi connectivity index (χ3v) is 4.73. The lowest BCUT2D eigenvalue weighted by molar-refractivity contribution is -0.140. The molecule has 0 radical (unpaired) electrons. The molecule has 2 nitrogen and oxygen atoms in total. The number of rotatable bonds is 1. The molecule has 2 rings (SSSR count). The van der Waals surface area contributed by atoms with Crippen LogP contribution in [0.15, 0.2) is 10.8 Å². The van der Waals surface area contributed by atoms with Crippen molar-refractivity contribution in [2.75, 3.05) is 0 Å². The standard InChI is InChI=1S/C12H17ClO2/c1-7-5-4-6-9-10(15-8(2)14)11(13)12(7,9)3/h7,9H,4-6H2,1-3H3/t7-,9+,12+/m0/s1. The van der Waals surface area contributed by atoms with Gasteiger partial charge in [-0.05, 0) is 18.8 Å². The van der Waals surface area contributed by atoms with E-state index in [0.29, 0.717) is 11.8 Å². The number of ether oxygens (including phenoxy) is 1. The first-order valence-electron chi connectivity index (χ1n) is 5.56. The fourth-order valence-electron chi connectivity index (χ4n) is 2.96. The fraction of sp³-hybridized carbons (Fsp3) is 0.750. The third-order valence-electron chi connectivity index (χ3n) is 4.14. The van der Waals surface area contributed by atoms with Gasteiger partial charge in [-0.15, -0.1) is 0 Å². The van der Waals surface area contributed by atoms with Gasteiger partial charge in [0.1, 0.15) is 5.76 Å². The molecule has 0 aromatic heterocycles. The molecule has 0 aliphatic heterocycles. The quantitative estimate of drug-likeness (QED) is 0.643. The van der Waals surface area contributed by atoms with Gasteiger partial charge in [-0.3, -0.25) is 4.79 Å². The average Bonchev–Trinajstić information content (AvgIpc) is 2.19. The number of carbonyl (C=O) groups is 1. The molecule has 0 aromatic rings. The van der Waals surface area contributed by atoms with Crippen LogP contribution >= 0.6 is 11.6 Å². The lowest BCUT2D eigenvalue weighted by Crippen LogP contribution is -2.47. The van der Waals surface area contributed by atoms with Gasteiger partial charge in [0.2, 0.25) is 0 Å². The number of allylic oxidation sites excluding steroid dienone is 2. The highest BCUT2D eigenvalue weighted by atomic mass is 35.5. The zero-order valence-electron chi connectivity index (χ0n) is 9.47. The van der Waals surface area contributed by atoms with Crippen LogP contribution in [0.5, 0.6) is 0 Å². The van der Waals surface area contributed by atoms with Crippen molar-refractivity contribution < 1.29 is 9.53 Å². The summed E-state index contributed by atoms with van der Waals surface area (Å²) in [6, 6.07) is 0. The normalized spacial score (nSPS) is 39.5. The minimum atomic E-state index is -0.261. The molecule has 0 aromatic carbocycles. The molecule has 0 saturated heterocycles. The van der Waals surface area contributed by atoms with Crippen molar-refractivity contribution in [1.29, 1.82) is 0 Å². The molecule has 0 N–H and O–H groups in total. The molecule has 2 aliphatic carbocycles. The number of fused-ring (bicyclic) bond motifs is 1. The number of carbonyl (C=O) groups excluding carboxylic acids is 1. The zero-order chi connectivity index (χ0) is 11.2. The lowest BCUT2D eigenvalue weighted by Gasteiger charge is -2.53. The first-order valence-corrected chi connectivity index (χ1v) is 5.94. The number of hydrogen-bond acceptors (Lipinski definition) is 2. The highest BCUT2D eigenvalue weighted by molar-refractivity contribution is 6.31. The van der Waals surface area contributed by atoms with Crippen molar-refractivity contribution in [3.05, 3.63) is 10.8 Å². The molecule has 15 heavy (non-hydrogen) atoms. The van der Waals surface area contributed by atoms with Crippen LogP contribution in [0.25, 0.3) is 0 Å². The molecule has 0 bridgehead atoms. The average molecular weight is 229 g/mol. The first kappa shape index (κ1) is 11.0. The second kappa shape index (κ2) is 3.51. The molecule has 0 heterocycles. The van der Waals surface area contributed by atoms with Gasteiger partial charge in [0.15, 0.2) is 0 Å². The Morgan fingerprint density at radius 3 is 2.80 bits per heavy atom. The number of halogens is 1. The molecule has 3 atom stereocenters. The zero-order valence-corrected chi connectivity index (χ0v) is 10.2. The summed E-state index contributed by atoms with van der Waals surface area (Å²) in [5.41, 5.74) is 0.0601. The summed E-state index contributed by atoms with van der Waals surface area (Å²) in [6.07, 6.45) is 3.52. The van der Waals surface area contributed by atoms with E-state index in [4.69, 9.17) is 16.3 Å². The van der Waals surface area contributed by atoms with Gasteiger partial charge in [-0.25, -0.2) is 0 Å². The molecule has 0 amide bonds. The van der Waals surface area contributed by atoms with Crippen LogP contribution in [0.1, 0.15) is 40.0 Å². The summed E-state index contributed by atoms with van der Waals surface area (Å²) in [5.74, 6) is 1.42. The SMILES string of the molecule is CC(=O)OC1=C(Cl)[C@@]2(C)[C@@H]1CCC[C@@H]2C. The summed E-state index contributed by atoms with van der Waals surface area (Å²) in [6.45, 7) is 5.86. The maximum atomic E-state index is 10.9. The van der Waals surface area contributed by atoms with E-state index in [1.807, 2.05) is 0 Å². The minimum absolute atomic E-state index is 0.0601. The highest BCUT2D eigenvalue weighted by Crippen LogP contribution is 2.62. The van der Waals surface area contributed by atoms with Gasteiger partial charge in [0.05, 0.1) is 5.03 Å². The van der Waals surface area contributed by atoms with E-state index in [2.05, 4.69) is 13.8 Å². The van der Waals surface area contributed by atoms with Crippen LogP contribution in [0.4, 0.5) is 0 Å². The smallest absolute Gasteiger partial charge is 0.307 e. The molecular formula is C12H17ClO2. The molecule has 2 aliphatic rings. The van der Waals surface area contributed by atoms with Crippen molar-refractivity contribution in [1.82, 2.24) is 0 Å². The topological polar surface area (TPSA) is 26.3 Å². The van der Waals surface area contributed by atoms with Crippen molar-refractivity contribution >= 4 is 17.6 Å². The second-order valence-corrected chi connectivity index (χ2v) is 5.32. The van der Waals surface area contributed by atoms with Crippen LogP contribution in [-0.4, -0.2) is 5.97 Å². The highest BCUT2D eigenvalue weighted by Gasteiger charge is 2.56. The summed E-state index contributed by atoms with van der Waals surface area (Å²) >= 11 is 6.27. The Kier molecular flexibility index (Phi) is 2.58. The predicted molar refractivity (Wildman–Crippen MR) is 59.3 cm³/mol. The van der Waals surface area contributed by atoms with Gasteiger partial charge in [0.25, 0.3) is 0 Å². The van der Waals surface area contributed by atoms with Gasteiger partial charge >= 0.3 is 5.97 Å². The summed E-state index contributed by atoms with van der Waals surface area (Å²) < 4.78 is 5.19. The maximum Gasteiger partial charge on any atom is 0.307 e. The summed E-state index contributed by atoms with van der Waals surface area (Å²) in [5, 5.41) is 0.773. The molecule has 1 saturated carbocycles. The van der Waals surface area contributed by atoms with Gasteiger partial charge < -0.3 is 4.74 Å². The van der Waals surface area contributed by atoms with Gasteiger partial charge in [-0.1, -0.05) is 31.9 Å². The molecule has 3 heteroatoms. The second-order valence-electron chi connectivity index (χ2n) is 4.94. The Labute approximate surface area is 95.6 Å². The van der Waals surface area contributed by atoms with E-state index in [1.54, 1.807) is 0 Å². The van der Waals surface area contributed by atoms with Gasteiger partial charge in [0, 0.05) is 18.3 Å². The van der Waals surface area contributed by atoms with E-state index in [1.165, 1.54) is 19.8 Å². The first-order chi connectivity index (χ1) is 6.98. The predicted octanol–water partition coefficient (Wildman–Crippen LogP) is 3.46. The Morgan fingerprint density at radius 1 is 1.53 bits per heavy atom. The Morgan fingerprint density at radius 2 is 2.20 bits per heavy atom. The van der Waals surface area contributed by atoms with Crippen molar-refractivity contribution in [2.45, 2.75) is 40.0 Å². The monoisotopic (exact) mass is 228 g/mol. The van der Waals surface area contributed by atoms with E-state index in [0.717, 1.165) is 17.2 Å². The molecular weight excluding hydrogens is 212 g/mol. The molecule has 84 valence electrons. The van der Waals surface area contributed by atoms with Crippen LogP contribution in [-0.2, 0) is 9.53 Å². The van der Waals surface area contributed by atoms with Crippen molar-refractivity contribution in [3.8, 4) is 0 Å². The number of hydrogen-bond donors (Lipinski definition) is 0. The van der Waals surface area contributed by atoms with E-state index >= 15 is 0 Å². The number of esters is 1. The molecule has 0 spiro atoms. The van der Waals surface area contributed by atoms with Crippen LogP contribution in [0, 0.1) is 17.3 Å². The third kappa shape index (κ3) is 1.42. The van der Waals surface area contributed by atoms with Crippen LogP contribution < -0.4 is 0 Å². The summed E-state index contributed by atoms with van der Waals surface area (Å²) in [4.78, 5) is 10.9. The fourth-order valence-corrected chi connectivity index (χ4v) is 3.44. The Hall–Kier alpha value is -0.500. The van der Waals surface area contributed by atoms with E-state index < -0.39 is 0 Å². The van der Waals surface area contributed by atoms with E-state index in [-0.39, 0.29) is 11.4 Å². The minimum Gasteiger partial charge on any atom is -0.430 e.